The SMILES string of the molecule is CC(C)C(=O)N[C@H](NC(C)(C)C)C(Cl)(Cl)Cl. The standard InChI is InChI=1S/C10H19Cl3N2O/c1-6(2)7(16)14-8(10(11,12)13)15-9(3,4)5/h6,8,15H,1-5H3,(H,14,16)/t8-/m1/s1. The molecule has 0 aromatic carbocycles. The van der Waals surface area contributed by atoms with Crippen LogP contribution >= 0.6 is 34.8 Å². The summed E-state index contributed by atoms with van der Waals surface area (Å²) in [5.74, 6) is -0.315. The van der Waals surface area contributed by atoms with E-state index >= 15 is 0 Å². The predicted octanol–water partition coefficient (Wildman–Crippen LogP) is 2.84. The lowest BCUT2D eigenvalue weighted by molar-refractivity contribution is -0.125. The number of halogens is 3. The lowest BCUT2D eigenvalue weighted by Gasteiger charge is -2.33. The number of amides is 1. The van der Waals surface area contributed by atoms with Gasteiger partial charge in [-0.15, -0.1) is 0 Å². The van der Waals surface area contributed by atoms with Crippen molar-refractivity contribution in [2.45, 2.75) is 50.1 Å². The molecule has 2 N–H and O–H groups in total. The number of carbonyl (C=O) groups excluding carboxylic acids is 1. The molecule has 1 atom stereocenters. The van der Waals surface area contributed by atoms with Crippen LogP contribution in [0.1, 0.15) is 34.6 Å². The Balaban J connectivity index is 4.65. The third kappa shape index (κ3) is 6.79. The molecule has 0 heterocycles. The van der Waals surface area contributed by atoms with Crippen LogP contribution in [0, 0.1) is 5.92 Å². The number of carbonyl (C=O) groups is 1. The normalized spacial score (nSPS) is 15.1. The highest BCUT2D eigenvalue weighted by Gasteiger charge is 2.36. The highest BCUT2D eigenvalue weighted by molar-refractivity contribution is 6.68. The van der Waals surface area contributed by atoms with E-state index in [1.54, 1.807) is 13.8 Å². The topological polar surface area (TPSA) is 41.1 Å². The molecule has 0 spiro atoms. The van der Waals surface area contributed by atoms with Crippen LogP contribution in [0.5, 0.6) is 0 Å². The third-order valence-electron chi connectivity index (χ3n) is 1.72. The summed E-state index contributed by atoms with van der Waals surface area (Å²) in [5, 5.41) is 5.72. The van der Waals surface area contributed by atoms with Crippen molar-refractivity contribution in [2.75, 3.05) is 0 Å². The van der Waals surface area contributed by atoms with Gasteiger partial charge in [0.15, 0.2) is 0 Å². The van der Waals surface area contributed by atoms with Gasteiger partial charge in [-0.25, -0.2) is 0 Å². The molecule has 0 saturated carbocycles. The molecule has 0 rings (SSSR count). The molecule has 0 aromatic rings. The summed E-state index contributed by atoms with van der Waals surface area (Å²) >= 11 is 17.4. The fourth-order valence-corrected chi connectivity index (χ4v) is 1.27. The highest BCUT2D eigenvalue weighted by atomic mass is 35.6. The van der Waals surface area contributed by atoms with Gasteiger partial charge in [-0.1, -0.05) is 48.7 Å². The number of alkyl halides is 3. The summed E-state index contributed by atoms with van der Waals surface area (Å²) in [6, 6.07) is 0. The van der Waals surface area contributed by atoms with E-state index in [-0.39, 0.29) is 17.4 Å². The van der Waals surface area contributed by atoms with E-state index in [4.69, 9.17) is 34.8 Å². The van der Waals surface area contributed by atoms with E-state index in [2.05, 4.69) is 10.6 Å². The average Bonchev–Trinajstić information content (AvgIpc) is 1.98. The highest BCUT2D eigenvalue weighted by Crippen LogP contribution is 2.30. The van der Waals surface area contributed by atoms with Crippen molar-refractivity contribution in [2.24, 2.45) is 5.92 Å². The monoisotopic (exact) mass is 288 g/mol. The summed E-state index contributed by atoms with van der Waals surface area (Å²) < 4.78 is -1.59. The molecule has 16 heavy (non-hydrogen) atoms. The van der Waals surface area contributed by atoms with Crippen LogP contribution in [0.4, 0.5) is 0 Å². The van der Waals surface area contributed by atoms with Crippen molar-refractivity contribution in [3.63, 3.8) is 0 Å². The first-order valence-corrected chi connectivity index (χ1v) is 6.21. The van der Waals surface area contributed by atoms with Gasteiger partial charge in [0.1, 0.15) is 6.17 Å². The minimum Gasteiger partial charge on any atom is -0.336 e. The van der Waals surface area contributed by atoms with Gasteiger partial charge in [0.25, 0.3) is 0 Å². The van der Waals surface area contributed by atoms with E-state index in [9.17, 15) is 4.79 Å². The molecule has 1 amide bonds. The zero-order valence-corrected chi connectivity index (χ0v) is 12.5. The second-order valence-corrected chi connectivity index (χ2v) is 7.40. The van der Waals surface area contributed by atoms with Gasteiger partial charge in [0.2, 0.25) is 9.70 Å². The Morgan fingerprint density at radius 1 is 1.12 bits per heavy atom. The Morgan fingerprint density at radius 2 is 1.56 bits per heavy atom. The molecule has 0 saturated heterocycles. The van der Waals surface area contributed by atoms with Crippen molar-refractivity contribution in [1.29, 1.82) is 0 Å². The van der Waals surface area contributed by atoms with Crippen LogP contribution in [0.2, 0.25) is 0 Å². The summed E-state index contributed by atoms with van der Waals surface area (Å²) in [6.45, 7) is 9.34. The molecule has 0 aliphatic heterocycles. The molecule has 0 unspecified atom stereocenters. The maximum Gasteiger partial charge on any atom is 0.223 e. The van der Waals surface area contributed by atoms with E-state index in [0.29, 0.717) is 0 Å². The van der Waals surface area contributed by atoms with Gasteiger partial charge in [0, 0.05) is 11.5 Å². The van der Waals surface area contributed by atoms with Gasteiger partial charge in [0.05, 0.1) is 0 Å². The maximum absolute atomic E-state index is 11.6. The van der Waals surface area contributed by atoms with E-state index in [1.165, 1.54) is 0 Å². The Labute approximate surface area is 112 Å². The Hall–Kier alpha value is 0.300. The van der Waals surface area contributed by atoms with Gasteiger partial charge >= 0.3 is 0 Å². The largest absolute Gasteiger partial charge is 0.336 e. The molecule has 6 heteroatoms. The first-order chi connectivity index (χ1) is 6.93. The summed E-state index contributed by atoms with van der Waals surface area (Å²) in [4.78, 5) is 11.6. The second-order valence-electron chi connectivity index (χ2n) is 5.03. The quantitative estimate of drug-likeness (QED) is 0.619. The van der Waals surface area contributed by atoms with Gasteiger partial charge in [-0.05, 0) is 20.8 Å². The summed E-state index contributed by atoms with van der Waals surface area (Å²) in [7, 11) is 0. The summed E-state index contributed by atoms with van der Waals surface area (Å²) in [6.07, 6.45) is -0.715. The van der Waals surface area contributed by atoms with Gasteiger partial charge in [-0.2, -0.15) is 0 Å². The Kier molecular flexibility index (Phi) is 5.87. The third-order valence-corrected chi connectivity index (χ3v) is 2.37. The van der Waals surface area contributed by atoms with Crippen LogP contribution in [0.25, 0.3) is 0 Å². The molecule has 3 nitrogen and oxygen atoms in total. The molecule has 0 aliphatic carbocycles. The molecule has 0 fully saturated rings. The maximum atomic E-state index is 11.6. The first-order valence-electron chi connectivity index (χ1n) is 5.08. The average molecular weight is 290 g/mol. The number of nitrogens with one attached hydrogen (secondary N) is 2. The van der Waals surface area contributed by atoms with E-state index in [0.717, 1.165) is 0 Å². The van der Waals surface area contributed by atoms with Crippen LogP contribution < -0.4 is 10.6 Å². The molecule has 0 aromatic heterocycles. The number of hydrogen-bond acceptors (Lipinski definition) is 2. The zero-order valence-electron chi connectivity index (χ0n) is 10.2. The molecule has 0 aliphatic rings. The van der Waals surface area contributed by atoms with Crippen molar-refractivity contribution in [3.8, 4) is 0 Å². The van der Waals surface area contributed by atoms with Crippen molar-refractivity contribution >= 4 is 40.7 Å². The Bertz CT molecular complexity index is 243. The molecule has 0 bridgehead atoms. The van der Waals surface area contributed by atoms with Crippen LogP contribution in [0.3, 0.4) is 0 Å². The predicted molar refractivity (Wildman–Crippen MR) is 69.9 cm³/mol. The van der Waals surface area contributed by atoms with Crippen molar-refractivity contribution in [1.82, 2.24) is 10.6 Å². The van der Waals surface area contributed by atoms with Crippen LogP contribution in [-0.4, -0.2) is 21.4 Å². The van der Waals surface area contributed by atoms with Crippen molar-refractivity contribution in [3.05, 3.63) is 0 Å². The van der Waals surface area contributed by atoms with Gasteiger partial charge < -0.3 is 5.32 Å². The lowest BCUT2D eigenvalue weighted by Crippen LogP contribution is -2.59. The van der Waals surface area contributed by atoms with Crippen molar-refractivity contribution < 1.29 is 4.79 Å². The smallest absolute Gasteiger partial charge is 0.223 e. The summed E-state index contributed by atoms with van der Waals surface area (Å²) in [5.41, 5.74) is -0.265. The first kappa shape index (κ1) is 16.3. The fraction of sp³-hybridized carbons (Fsp3) is 0.900. The minimum atomic E-state index is -1.59. The molecule has 0 radical (unpaired) electrons. The van der Waals surface area contributed by atoms with Crippen LogP contribution in [0.15, 0.2) is 0 Å². The fourth-order valence-electron chi connectivity index (χ4n) is 0.942. The molecular formula is C10H19Cl3N2O. The number of rotatable bonds is 3. The number of hydrogen-bond donors (Lipinski definition) is 2. The Morgan fingerprint density at radius 3 is 1.81 bits per heavy atom. The van der Waals surface area contributed by atoms with E-state index in [1.807, 2.05) is 20.8 Å². The van der Waals surface area contributed by atoms with Gasteiger partial charge in [-0.3, -0.25) is 10.1 Å². The van der Waals surface area contributed by atoms with E-state index < -0.39 is 9.96 Å². The minimum absolute atomic E-state index is 0.156. The molecular weight excluding hydrogens is 270 g/mol. The second kappa shape index (κ2) is 5.76. The zero-order chi connectivity index (χ0) is 13.1. The molecule has 96 valence electrons. The lowest BCUT2D eigenvalue weighted by atomic mass is 10.1. The van der Waals surface area contributed by atoms with Crippen LogP contribution in [-0.2, 0) is 4.79 Å².